The minimum absolute atomic E-state index is 0. The van der Waals surface area contributed by atoms with Crippen molar-refractivity contribution in [3.05, 3.63) is 29.1 Å². The third-order valence-electron chi connectivity index (χ3n) is 6.60. The summed E-state index contributed by atoms with van der Waals surface area (Å²) in [5, 5.41) is 4.34. The number of hydrogen-bond acceptors (Lipinski definition) is 4. The van der Waals surface area contributed by atoms with Crippen molar-refractivity contribution in [1.29, 1.82) is 0 Å². The van der Waals surface area contributed by atoms with E-state index in [1.54, 1.807) is 0 Å². The highest BCUT2D eigenvalue weighted by Crippen LogP contribution is 2.34. The Bertz CT molecular complexity index is 839. The fourth-order valence-corrected chi connectivity index (χ4v) is 5.35. The third kappa shape index (κ3) is 4.84. The van der Waals surface area contributed by atoms with Crippen molar-refractivity contribution in [1.82, 2.24) is 15.2 Å². The molecule has 160 valence electrons. The van der Waals surface area contributed by atoms with Crippen LogP contribution in [0.2, 0.25) is 5.02 Å². The zero-order chi connectivity index (χ0) is 18.4. The van der Waals surface area contributed by atoms with E-state index in [9.17, 15) is 4.79 Å². The van der Waals surface area contributed by atoms with Crippen LogP contribution < -0.4 is 5.32 Å². The van der Waals surface area contributed by atoms with E-state index in [1.165, 1.54) is 25.7 Å². The Morgan fingerprint density at radius 1 is 1.14 bits per heavy atom. The maximum absolute atomic E-state index is 12.8. The van der Waals surface area contributed by atoms with E-state index in [-0.39, 0.29) is 30.7 Å². The molecule has 1 amide bonds. The van der Waals surface area contributed by atoms with Crippen LogP contribution in [0.4, 0.5) is 0 Å². The second-order valence-corrected chi connectivity index (χ2v) is 8.94. The lowest BCUT2D eigenvalue weighted by Gasteiger charge is -2.34. The van der Waals surface area contributed by atoms with Gasteiger partial charge in [-0.2, -0.15) is 0 Å². The Morgan fingerprint density at radius 3 is 2.52 bits per heavy atom. The molecule has 2 unspecified atom stereocenters. The molecule has 0 aliphatic carbocycles. The highest BCUT2D eigenvalue weighted by atomic mass is 35.5. The molecule has 1 aromatic heterocycles. The third-order valence-corrected chi connectivity index (χ3v) is 6.83. The summed E-state index contributed by atoms with van der Waals surface area (Å²) < 4.78 is 5.93. The SMILES string of the molecule is Cl.Cl.O=C(CC1CC2CCC(C1)N2)N1CCC(c2nc3cc(Cl)ccc3o2)CC1. The van der Waals surface area contributed by atoms with E-state index in [0.717, 1.165) is 49.3 Å². The van der Waals surface area contributed by atoms with Gasteiger partial charge in [-0.05, 0) is 62.6 Å². The minimum Gasteiger partial charge on any atom is -0.440 e. The number of rotatable bonds is 3. The lowest BCUT2D eigenvalue weighted by Crippen LogP contribution is -2.42. The maximum Gasteiger partial charge on any atom is 0.222 e. The van der Waals surface area contributed by atoms with Crippen LogP contribution in [0.3, 0.4) is 0 Å². The van der Waals surface area contributed by atoms with E-state index < -0.39 is 0 Å². The second-order valence-electron chi connectivity index (χ2n) is 8.50. The summed E-state index contributed by atoms with van der Waals surface area (Å²) in [5.41, 5.74) is 1.60. The second kappa shape index (κ2) is 9.42. The molecular weight excluding hydrogens is 433 g/mol. The van der Waals surface area contributed by atoms with Crippen molar-refractivity contribution in [2.24, 2.45) is 5.92 Å². The molecule has 3 saturated heterocycles. The molecule has 8 heteroatoms. The van der Waals surface area contributed by atoms with Gasteiger partial charge in [0.1, 0.15) is 5.52 Å². The summed E-state index contributed by atoms with van der Waals surface area (Å²) in [4.78, 5) is 19.5. The van der Waals surface area contributed by atoms with Gasteiger partial charge in [-0.3, -0.25) is 4.79 Å². The molecule has 3 aliphatic heterocycles. The monoisotopic (exact) mass is 459 g/mol. The molecule has 1 aromatic carbocycles. The topological polar surface area (TPSA) is 58.4 Å². The largest absolute Gasteiger partial charge is 0.440 e. The van der Waals surface area contributed by atoms with E-state index >= 15 is 0 Å². The number of benzene rings is 1. The molecule has 2 atom stereocenters. The molecule has 4 heterocycles. The molecule has 0 radical (unpaired) electrons. The van der Waals surface area contributed by atoms with Crippen LogP contribution >= 0.6 is 36.4 Å². The van der Waals surface area contributed by atoms with Gasteiger partial charge in [0, 0.05) is 42.5 Å². The first kappa shape index (κ1) is 22.7. The van der Waals surface area contributed by atoms with Crippen molar-refractivity contribution < 1.29 is 9.21 Å². The summed E-state index contributed by atoms with van der Waals surface area (Å²) in [6.45, 7) is 1.61. The number of hydrogen-bond donors (Lipinski definition) is 1. The van der Waals surface area contributed by atoms with Crippen molar-refractivity contribution >= 4 is 53.4 Å². The first-order valence-corrected chi connectivity index (χ1v) is 10.6. The molecule has 2 bridgehead atoms. The molecule has 3 aliphatic rings. The molecule has 5 rings (SSSR count). The number of carbonyl (C=O) groups excluding carboxylic acids is 1. The summed E-state index contributed by atoms with van der Waals surface area (Å²) in [6.07, 6.45) is 7.48. The van der Waals surface area contributed by atoms with Gasteiger partial charge in [0.2, 0.25) is 5.91 Å². The van der Waals surface area contributed by atoms with Gasteiger partial charge in [-0.1, -0.05) is 11.6 Å². The van der Waals surface area contributed by atoms with Crippen molar-refractivity contribution in [2.45, 2.75) is 62.9 Å². The molecule has 0 saturated carbocycles. The van der Waals surface area contributed by atoms with Crippen LogP contribution in [0.1, 0.15) is 56.8 Å². The normalized spacial score (nSPS) is 26.8. The highest BCUT2D eigenvalue weighted by molar-refractivity contribution is 6.31. The lowest BCUT2D eigenvalue weighted by molar-refractivity contribution is -0.133. The van der Waals surface area contributed by atoms with Crippen LogP contribution in [-0.2, 0) is 4.79 Å². The van der Waals surface area contributed by atoms with Crippen LogP contribution in [0.5, 0.6) is 0 Å². The number of halogens is 3. The van der Waals surface area contributed by atoms with E-state index in [1.807, 2.05) is 18.2 Å². The zero-order valence-corrected chi connectivity index (χ0v) is 18.7. The quantitative estimate of drug-likeness (QED) is 0.704. The Kier molecular flexibility index (Phi) is 7.36. The maximum atomic E-state index is 12.8. The first-order valence-electron chi connectivity index (χ1n) is 10.2. The molecular formula is C21H28Cl3N3O2. The van der Waals surface area contributed by atoms with Crippen LogP contribution in [0, 0.1) is 5.92 Å². The predicted octanol–water partition coefficient (Wildman–Crippen LogP) is 4.95. The number of amides is 1. The average molecular weight is 461 g/mol. The van der Waals surface area contributed by atoms with Crippen LogP contribution in [0.15, 0.2) is 22.6 Å². The fourth-order valence-electron chi connectivity index (χ4n) is 5.19. The lowest BCUT2D eigenvalue weighted by atomic mass is 9.88. The van der Waals surface area contributed by atoms with Crippen molar-refractivity contribution in [3.63, 3.8) is 0 Å². The number of piperidine rings is 2. The highest BCUT2D eigenvalue weighted by Gasteiger charge is 2.35. The molecule has 29 heavy (non-hydrogen) atoms. The van der Waals surface area contributed by atoms with E-state index in [0.29, 0.717) is 28.9 Å². The fraction of sp³-hybridized carbons (Fsp3) is 0.619. The Labute approximate surface area is 188 Å². The van der Waals surface area contributed by atoms with Gasteiger partial charge in [0.05, 0.1) is 0 Å². The molecule has 0 spiro atoms. The summed E-state index contributed by atoms with van der Waals surface area (Å²) in [7, 11) is 0. The number of nitrogens with one attached hydrogen (secondary N) is 1. The van der Waals surface area contributed by atoms with Gasteiger partial charge >= 0.3 is 0 Å². The van der Waals surface area contributed by atoms with E-state index in [2.05, 4.69) is 15.2 Å². The Hall–Kier alpha value is -1.01. The smallest absolute Gasteiger partial charge is 0.222 e. The van der Waals surface area contributed by atoms with Gasteiger partial charge in [-0.25, -0.2) is 4.98 Å². The minimum atomic E-state index is 0. The first-order chi connectivity index (χ1) is 13.1. The van der Waals surface area contributed by atoms with Gasteiger partial charge in [-0.15, -0.1) is 24.8 Å². The number of fused-ring (bicyclic) bond motifs is 3. The predicted molar refractivity (Wildman–Crippen MR) is 119 cm³/mol. The van der Waals surface area contributed by atoms with E-state index in [4.69, 9.17) is 16.0 Å². The summed E-state index contributed by atoms with van der Waals surface area (Å²) in [6, 6.07) is 6.85. The molecule has 2 aromatic rings. The molecule has 1 N–H and O–H groups in total. The van der Waals surface area contributed by atoms with Gasteiger partial charge in [0.15, 0.2) is 11.5 Å². The number of nitrogens with zero attached hydrogens (tertiary/aromatic N) is 2. The summed E-state index contributed by atoms with van der Waals surface area (Å²) in [5.74, 6) is 1.98. The Morgan fingerprint density at radius 2 is 1.83 bits per heavy atom. The summed E-state index contributed by atoms with van der Waals surface area (Å²) >= 11 is 6.04. The number of oxazole rings is 1. The zero-order valence-electron chi connectivity index (χ0n) is 16.3. The van der Waals surface area contributed by atoms with Gasteiger partial charge < -0.3 is 14.6 Å². The molecule has 3 fully saturated rings. The van der Waals surface area contributed by atoms with Gasteiger partial charge in [0.25, 0.3) is 0 Å². The number of likely N-dealkylation sites (tertiary alicyclic amines) is 1. The number of aromatic nitrogens is 1. The van der Waals surface area contributed by atoms with Crippen LogP contribution in [-0.4, -0.2) is 41.0 Å². The Balaban J connectivity index is 0.00000120. The van der Waals surface area contributed by atoms with Crippen molar-refractivity contribution in [2.75, 3.05) is 13.1 Å². The van der Waals surface area contributed by atoms with Crippen LogP contribution in [0.25, 0.3) is 11.1 Å². The van der Waals surface area contributed by atoms with Crippen molar-refractivity contribution in [3.8, 4) is 0 Å². The number of carbonyl (C=O) groups is 1. The molecule has 5 nitrogen and oxygen atoms in total. The average Bonchev–Trinajstić information content (AvgIpc) is 3.24. The standard InChI is InChI=1S/C21H26ClN3O2.2ClH/c22-15-1-4-19-18(12-15)24-21(27-19)14-5-7-25(8-6-14)20(26)11-13-9-16-2-3-17(10-13)23-16;;/h1,4,12-14,16-17,23H,2-3,5-11H2;2*1H.